The minimum absolute atomic E-state index is 0.0110. The summed E-state index contributed by atoms with van der Waals surface area (Å²) in [5, 5.41) is 20.4. The van der Waals surface area contributed by atoms with Gasteiger partial charge in [0.25, 0.3) is 15.6 Å². The Hall–Kier alpha value is -1.21. The first-order valence-corrected chi connectivity index (χ1v) is 14.5. The fraction of sp³-hybridized carbons (Fsp3) is 0.500. The van der Waals surface area contributed by atoms with Crippen LogP contribution in [-0.2, 0) is 40.5 Å². The van der Waals surface area contributed by atoms with E-state index in [9.17, 15) is 52.9 Å². The molecule has 0 saturated carbocycles. The minimum Gasteiger partial charge on any atom is -0.790 e. The molecule has 3 rings (SSSR count). The van der Waals surface area contributed by atoms with Crippen LogP contribution in [0.15, 0.2) is 12.7 Å². The number of aliphatic hydroxyl groups excluding tert-OH is 2. The smallest absolute Gasteiger partial charge is 0.485 e. The van der Waals surface area contributed by atoms with Crippen LogP contribution in [0.25, 0.3) is 11.2 Å². The van der Waals surface area contributed by atoms with E-state index in [0.29, 0.717) is 0 Å². The molecule has 35 heavy (non-hydrogen) atoms. The van der Waals surface area contributed by atoms with Gasteiger partial charge < -0.3 is 54.2 Å². The molecule has 1 aliphatic heterocycles. The lowest BCUT2D eigenvalue weighted by molar-refractivity contribution is -0.339. The number of nitrogens with two attached hydrogens (primary N) is 1. The maximum Gasteiger partial charge on any atom is 0.485 e. The number of hydrogen-bond donors (Lipinski definition) is 4. The van der Waals surface area contributed by atoms with Crippen molar-refractivity contribution in [1.29, 1.82) is 0 Å². The molecule has 1 fully saturated rings. The predicted molar refractivity (Wildman–Crippen MR) is 97.5 cm³/mol. The first-order chi connectivity index (χ1) is 15.9. The summed E-state index contributed by atoms with van der Waals surface area (Å²) in [5.74, 6) is -0.0110. The summed E-state index contributed by atoms with van der Waals surface area (Å²) in [7, 11) is -24.7. The standard InChI is InChI=1S/C10H17N5O16P4/c11-8-5-9(13-2-12-8)15(3-14-5)10-7(17)6(16)4(28-10)1-27-33(21,22)30-35(25,26)31-34(23,24)29-32(18,19)20/h2-4,6-7,10,16-17H,1H2,(H,21,22)(H,23,24)(H,25,26)(H2,11,12,13)(H2,18,19,20)/p-4/t4-,6-,7-,10-/m1/s1. The maximum absolute atomic E-state index is 11.8. The Labute approximate surface area is 193 Å². The van der Waals surface area contributed by atoms with Gasteiger partial charge >= 0.3 is 7.82 Å². The summed E-state index contributed by atoms with van der Waals surface area (Å²) in [6.45, 7) is -1.15. The highest BCUT2D eigenvalue weighted by molar-refractivity contribution is 7.68. The summed E-state index contributed by atoms with van der Waals surface area (Å²) >= 11 is 0. The Morgan fingerprint density at radius 3 is 2.26 bits per heavy atom. The number of aliphatic hydroxyl groups is 2. The quantitative estimate of drug-likeness (QED) is 0.193. The number of imidazole rings is 1. The second-order valence-electron chi connectivity index (χ2n) is 6.48. The van der Waals surface area contributed by atoms with Crippen molar-refractivity contribution in [3.05, 3.63) is 12.7 Å². The molecule has 21 nitrogen and oxygen atoms in total. The third kappa shape index (κ3) is 7.18. The van der Waals surface area contributed by atoms with Crippen LogP contribution in [0.5, 0.6) is 0 Å². The Bertz CT molecular complexity index is 1280. The molecule has 0 aliphatic carbocycles. The van der Waals surface area contributed by atoms with Crippen LogP contribution >= 0.6 is 31.3 Å². The zero-order chi connectivity index (χ0) is 26.4. The van der Waals surface area contributed by atoms with Gasteiger partial charge in [-0.05, 0) is 0 Å². The molecule has 3 heterocycles. The van der Waals surface area contributed by atoms with Gasteiger partial charge in [0.05, 0.1) is 20.8 Å². The molecule has 7 atom stereocenters. The summed E-state index contributed by atoms with van der Waals surface area (Å²) < 4.78 is 65.2. The van der Waals surface area contributed by atoms with Gasteiger partial charge in [-0.15, -0.1) is 0 Å². The molecule has 0 aromatic carbocycles. The van der Waals surface area contributed by atoms with Gasteiger partial charge in [-0.1, -0.05) is 0 Å². The van der Waals surface area contributed by atoms with Crippen LogP contribution in [-0.4, -0.2) is 59.5 Å². The van der Waals surface area contributed by atoms with Crippen LogP contribution in [0.1, 0.15) is 6.23 Å². The van der Waals surface area contributed by atoms with E-state index < -0.39 is 62.4 Å². The van der Waals surface area contributed by atoms with Crippen molar-refractivity contribution in [1.82, 2.24) is 19.5 Å². The molecule has 1 aliphatic rings. The third-order valence-corrected chi connectivity index (χ3v) is 9.32. The Morgan fingerprint density at radius 2 is 1.63 bits per heavy atom. The van der Waals surface area contributed by atoms with Crippen LogP contribution in [0.4, 0.5) is 5.82 Å². The molecule has 2 aromatic heterocycles. The highest BCUT2D eigenvalue weighted by Gasteiger charge is 2.45. The lowest BCUT2D eigenvalue weighted by atomic mass is 10.1. The van der Waals surface area contributed by atoms with Crippen molar-refractivity contribution in [3.63, 3.8) is 0 Å². The summed E-state index contributed by atoms with van der Waals surface area (Å²) in [6, 6.07) is 0. The summed E-state index contributed by atoms with van der Waals surface area (Å²) in [5.41, 5.74) is 5.85. The highest BCUT2D eigenvalue weighted by Crippen LogP contribution is 2.67. The Kier molecular flexibility index (Phi) is 8.04. The van der Waals surface area contributed by atoms with E-state index in [0.717, 1.165) is 17.2 Å². The predicted octanol–water partition coefficient (Wildman–Crippen LogP) is -4.04. The van der Waals surface area contributed by atoms with Crippen LogP contribution in [0, 0.1) is 0 Å². The van der Waals surface area contributed by atoms with E-state index in [1.807, 2.05) is 0 Å². The molecule has 25 heteroatoms. The number of aromatic nitrogens is 4. The molecule has 3 unspecified atom stereocenters. The third-order valence-electron chi connectivity index (χ3n) is 4.00. The fourth-order valence-electron chi connectivity index (χ4n) is 2.75. The minimum atomic E-state index is -6.36. The van der Waals surface area contributed by atoms with Crippen LogP contribution in [0.3, 0.4) is 0 Å². The van der Waals surface area contributed by atoms with Crippen molar-refractivity contribution in [2.45, 2.75) is 24.5 Å². The molecular formula is C10H13N5O16P4-4. The molecular weight excluding hydrogens is 570 g/mol. The molecule has 5 N–H and O–H groups in total. The van der Waals surface area contributed by atoms with E-state index in [2.05, 4.69) is 32.4 Å². The molecule has 1 saturated heterocycles. The second-order valence-corrected chi connectivity index (χ2v) is 12.3. The molecule has 0 amide bonds. The van der Waals surface area contributed by atoms with Gasteiger partial charge in [0.2, 0.25) is 0 Å². The Balaban J connectivity index is 1.65. The topological polar surface area (TPSA) is 337 Å². The van der Waals surface area contributed by atoms with E-state index >= 15 is 0 Å². The fourth-order valence-corrected chi connectivity index (χ4v) is 7.04. The average Bonchev–Trinajstić information content (AvgIpc) is 3.19. The van der Waals surface area contributed by atoms with Crippen molar-refractivity contribution >= 4 is 48.3 Å². The highest BCUT2D eigenvalue weighted by atomic mass is 31.3. The van der Waals surface area contributed by atoms with Crippen LogP contribution in [0.2, 0.25) is 0 Å². The number of nitrogens with zero attached hydrogens (tertiary/aromatic N) is 4. The zero-order valence-electron chi connectivity index (χ0n) is 16.5. The van der Waals surface area contributed by atoms with E-state index in [4.69, 9.17) is 10.5 Å². The SMILES string of the molecule is Nc1ncnc2c1ncn2[C@@H]1O[C@H](COP(=O)([O-])OP(=O)(O)OP(=O)([O-])OP(=O)([O-])[O-])[C@@H](O)[C@H]1O. The lowest BCUT2D eigenvalue weighted by Crippen LogP contribution is -2.34. The largest absolute Gasteiger partial charge is 0.790 e. The van der Waals surface area contributed by atoms with E-state index in [1.165, 1.54) is 0 Å². The van der Waals surface area contributed by atoms with E-state index in [1.54, 1.807) is 0 Å². The van der Waals surface area contributed by atoms with Gasteiger partial charge in [0.15, 0.2) is 17.7 Å². The van der Waals surface area contributed by atoms with Crippen molar-refractivity contribution in [2.75, 3.05) is 12.3 Å². The zero-order valence-corrected chi connectivity index (χ0v) is 20.1. The lowest BCUT2D eigenvalue weighted by Gasteiger charge is -2.35. The molecule has 198 valence electrons. The Morgan fingerprint density at radius 1 is 1.00 bits per heavy atom. The number of rotatable bonds is 10. The van der Waals surface area contributed by atoms with Crippen molar-refractivity contribution < 1.29 is 75.1 Å². The number of anilines is 1. The number of hydrogen-bond acceptors (Lipinski definition) is 19. The normalized spacial score (nSPS) is 28.4. The first kappa shape index (κ1) is 28.4. The first-order valence-electron chi connectivity index (χ1n) is 8.60. The monoisotopic (exact) mass is 583 g/mol. The van der Waals surface area contributed by atoms with Gasteiger partial charge in [-0.3, -0.25) is 18.0 Å². The van der Waals surface area contributed by atoms with Crippen LogP contribution < -0.4 is 25.3 Å². The molecule has 0 spiro atoms. The number of ether oxygens (including phenoxy) is 1. The molecule has 0 radical (unpaired) electrons. The number of phosphoric acid groups is 4. The molecule has 2 aromatic rings. The van der Waals surface area contributed by atoms with Gasteiger partial charge in [0.1, 0.15) is 30.2 Å². The van der Waals surface area contributed by atoms with Crippen molar-refractivity contribution in [3.8, 4) is 0 Å². The van der Waals surface area contributed by atoms with Gasteiger partial charge in [-0.25, -0.2) is 28.1 Å². The van der Waals surface area contributed by atoms with Gasteiger partial charge in [-0.2, -0.15) is 0 Å². The maximum atomic E-state index is 11.8. The summed E-state index contributed by atoms with van der Waals surface area (Å²) in [4.78, 5) is 64.3. The number of phosphoric ester groups is 1. The number of fused-ring (bicyclic) bond motifs is 1. The molecule has 0 bridgehead atoms. The van der Waals surface area contributed by atoms with E-state index in [-0.39, 0.29) is 17.0 Å². The number of nitrogen functional groups attached to an aromatic ring is 1. The van der Waals surface area contributed by atoms with Gasteiger partial charge in [0, 0.05) is 0 Å². The second kappa shape index (κ2) is 9.92. The average molecular weight is 583 g/mol. The van der Waals surface area contributed by atoms with Crippen molar-refractivity contribution in [2.24, 2.45) is 0 Å². The summed E-state index contributed by atoms with van der Waals surface area (Å²) in [6.07, 6.45) is -4.30.